The SMILES string of the molecule is CCC(=Cc1cc(OC)c(Br)cc1OC)C(=O)O. The first-order chi connectivity index (χ1) is 8.53. The van der Waals surface area contributed by atoms with Gasteiger partial charge >= 0.3 is 5.97 Å². The second-order valence-corrected chi connectivity index (χ2v) is 4.41. The van der Waals surface area contributed by atoms with E-state index in [1.54, 1.807) is 32.2 Å². The van der Waals surface area contributed by atoms with Crippen LogP contribution in [0.25, 0.3) is 6.08 Å². The van der Waals surface area contributed by atoms with E-state index in [0.717, 1.165) is 4.47 Å². The lowest BCUT2D eigenvalue weighted by Gasteiger charge is -2.10. The standard InChI is InChI=1S/C13H15BrO4/c1-4-8(13(15)16)5-9-6-12(18-3)10(14)7-11(9)17-2/h5-7H,4H2,1-3H3,(H,15,16). The molecular formula is C13H15BrO4. The lowest BCUT2D eigenvalue weighted by atomic mass is 10.1. The molecule has 0 spiro atoms. The monoisotopic (exact) mass is 314 g/mol. The van der Waals surface area contributed by atoms with Crippen molar-refractivity contribution in [1.82, 2.24) is 0 Å². The van der Waals surface area contributed by atoms with E-state index in [4.69, 9.17) is 14.6 Å². The van der Waals surface area contributed by atoms with Crippen molar-refractivity contribution in [1.29, 1.82) is 0 Å². The summed E-state index contributed by atoms with van der Waals surface area (Å²) in [6.45, 7) is 1.79. The van der Waals surface area contributed by atoms with Gasteiger partial charge in [-0.15, -0.1) is 0 Å². The van der Waals surface area contributed by atoms with Crippen LogP contribution in [0, 0.1) is 0 Å². The maximum absolute atomic E-state index is 11.0. The van der Waals surface area contributed by atoms with Gasteiger partial charge in [0.05, 0.1) is 18.7 Å². The number of methoxy groups -OCH3 is 2. The van der Waals surface area contributed by atoms with Crippen LogP contribution in [0.3, 0.4) is 0 Å². The molecule has 1 aromatic rings. The second-order valence-electron chi connectivity index (χ2n) is 3.56. The number of halogens is 1. The zero-order chi connectivity index (χ0) is 13.7. The van der Waals surface area contributed by atoms with Gasteiger partial charge in [0.15, 0.2) is 0 Å². The molecule has 0 aliphatic carbocycles. The summed E-state index contributed by atoms with van der Waals surface area (Å²) >= 11 is 3.35. The average molecular weight is 315 g/mol. The minimum Gasteiger partial charge on any atom is -0.496 e. The molecular weight excluding hydrogens is 300 g/mol. The van der Waals surface area contributed by atoms with Crippen LogP contribution >= 0.6 is 15.9 Å². The summed E-state index contributed by atoms with van der Waals surface area (Å²) in [4.78, 5) is 11.0. The van der Waals surface area contributed by atoms with E-state index in [1.165, 1.54) is 7.11 Å². The lowest BCUT2D eigenvalue weighted by Crippen LogP contribution is -1.99. The molecule has 0 aromatic heterocycles. The van der Waals surface area contributed by atoms with Crippen LogP contribution in [0.15, 0.2) is 22.2 Å². The van der Waals surface area contributed by atoms with E-state index in [0.29, 0.717) is 29.1 Å². The van der Waals surface area contributed by atoms with E-state index < -0.39 is 5.97 Å². The molecule has 0 amide bonds. The minimum atomic E-state index is -0.929. The summed E-state index contributed by atoms with van der Waals surface area (Å²) in [5.74, 6) is 0.291. The first-order valence-corrected chi connectivity index (χ1v) is 6.18. The molecule has 0 bridgehead atoms. The third-order valence-electron chi connectivity index (χ3n) is 2.49. The van der Waals surface area contributed by atoms with E-state index in [-0.39, 0.29) is 0 Å². The summed E-state index contributed by atoms with van der Waals surface area (Å²) in [6, 6.07) is 3.49. The molecule has 1 N–H and O–H groups in total. The van der Waals surface area contributed by atoms with Crippen LogP contribution in [0.2, 0.25) is 0 Å². The fraction of sp³-hybridized carbons (Fsp3) is 0.308. The van der Waals surface area contributed by atoms with Gasteiger partial charge in [-0.2, -0.15) is 0 Å². The van der Waals surface area contributed by atoms with E-state index in [2.05, 4.69) is 15.9 Å². The molecule has 0 aliphatic rings. The van der Waals surface area contributed by atoms with E-state index in [1.807, 2.05) is 0 Å². The number of carbonyl (C=O) groups is 1. The molecule has 18 heavy (non-hydrogen) atoms. The van der Waals surface area contributed by atoms with Gasteiger partial charge in [-0.1, -0.05) is 6.92 Å². The van der Waals surface area contributed by atoms with Gasteiger partial charge in [0.2, 0.25) is 0 Å². The Bertz CT molecular complexity index is 480. The van der Waals surface area contributed by atoms with E-state index in [9.17, 15) is 4.79 Å². The molecule has 0 saturated carbocycles. The number of aliphatic carboxylic acids is 1. The third kappa shape index (κ3) is 3.26. The zero-order valence-corrected chi connectivity index (χ0v) is 12.1. The van der Waals surface area contributed by atoms with Crippen molar-refractivity contribution in [3.8, 4) is 11.5 Å². The van der Waals surface area contributed by atoms with Gasteiger partial charge in [-0.3, -0.25) is 0 Å². The van der Waals surface area contributed by atoms with Gasteiger partial charge in [0, 0.05) is 11.1 Å². The Morgan fingerprint density at radius 1 is 1.33 bits per heavy atom. The highest BCUT2D eigenvalue weighted by Crippen LogP contribution is 2.34. The number of ether oxygens (including phenoxy) is 2. The highest BCUT2D eigenvalue weighted by atomic mass is 79.9. The highest BCUT2D eigenvalue weighted by Gasteiger charge is 2.11. The van der Waals surface area contributed by atoms with Gasteiger partial charge in [0.25, 0.3) is 0 Å². The van der Waals surface area contributed by atoms with E-state index >= 15 is 0 Å². The Hall–Kier alpha value is -1.49. The molecule has 5 heteroatoms. The molecule has 1 rings (SSSR count). The van der Waals surface area contributed by atoms with Gasteiger partial charge in [-0.25, -0.2) is 4.79 Å². The Labute approximate surface area is 114 Å². The van der Waals surface area contributed by atoms with Crippen molar-refractivity contribution in [2.45, 2.75) is 13.3 Å². The Balaban J connectivity index is 3.33. The van der Waals surface area contributed by atoms with Gasteiger partial charge < -0.3 is 14.6 Å². The number of hydrogen-bond acceptors (Lipinski definition) is 3. The van der Waals surface area contributed by atoms with Crippen LogP contribution < -0.4 is 9.47 Å². The lowest BCUT2D eigenvalue weighted by molar-refractivity contribution is -0.132. The van der Waals surface area contributed by atoms with Crippen molar-refractivity contribution in [2.75, 3.05) is 14.2 Å². The Morgan fingerprint density at radius 2 is 1.94 bits per heavy atom. The molecule has 0 unspecified atom stereocenters. The minimum absolute atomic E-state index is 0.317. The predicted molar refractivity (Wildman–Crippen MR) is 73.1 cm³/mol. The maximum Gasteiger partial charge on any atom is 0.331 e. The van der Waals surface area contributed by atoms with Crippen LogP contribution in [-0.4, -0.2) is 25.3 Å². The molecule has 4 nitrogen and oxygen atoms in total. The van der Waals surface area contributed by atoms with Gasteiger partial charge in [0.1, 0.15) is 11.5 Å². The van der Waals surface area contributed by atoms with Crippen LogP contribution in [0.4, 0.5) is 0 Å². The zero-order valence-electron chi connectivity index (χ0n) is 10.5. The van der Waals surface area contributed by atoms with Crippen molar-refractivity contribution >= 4 is 28.0 Å². The summed E-state index contributed by atoms with van der Waals surface area (Å²) in [6.07, 6.45) is 2.03. The Kier molecular flexibility index (Phi) is 5.22. The topological polar surface area (TPSA) is 55.8 Å². The molecule has 0 saturated heterocycles. The fourth-order valence-corrected chi connectivity index (χ4v) is 1.98. The van der Waals surface area contributed by atoms with Crippen LogP contribution in [0.5, 0.6) is 11.5 Å². The maximum atomic E-state index is 11.0. The summed E-state index contributed by atoms with van der Waals surface area (Å²) in [7, 11) is 3.09. The fourth-order valence-electron chi connectivity index (χ4n) is 1.50. The summed E-state index contributed by atoms with van der Waals surface area (Å²) in [5.41, 5.74) is 0.995. The summed E-state index contributed by atoms with van der Waals surface area (Å²) < 4.78 is 11.2. The average Bonchev–Trinajstić information content (AvgIpc) is 2.36. The highest BCUT2D eigenvalue weighted by molar-refractivity contribution is 9.10. The molecule has 0 heterocycles. The van der Waals surface area contributed by atoms with Crippen LogP contribution in [0.1, 0.15) is 18.9 Å². The smallest absolute Gasteiger partial charge is 0.331 e. The molecule has 0 fully saturated rings. The number of hydrogen-bond donors (Lipinski definition) is 1. The Morgan fingerprint density at radius 3 is 2.39 bits per heavy atom. The van der Waals surface area contributed by atoms with Crippen molar-refractivity contribution in [3.63, 3.8) is 0 Å². The van der Waals surface area contributed by atoms with Crippen molar-refractivity contribution in [2.24, 2.45) is 0 Å². The summed E-state index contributed by atoms with van der Waals surface area (Å²) in [5, 5.41) is 9.03. The number of benzene rings is 1. The third-order valence-corrected chi connectivity index (χ3v) is 3.11. The number of carboxylic acid groups (broad SMARTS) is 1. The molecule has 1 aromatic carbocycles. The van der Waals surface area contributed by atoms with Crippen molar-refractivity contribution < 1.29 is 19.4 Å². The predicted octanol–water partition coefficient (Wildman–Crippen LogP) is 3.34. The normalized spacial score (nSPS) is 11.2. The van der Waals surface area contributed by atoms with Gasteiger partial charge in [-0.05, 0) is 40.6 Å². The molecule has 0 radical (unpaired) electrons. The largest absolute Gasteiger partial charge is 0.496 e. The quantitative estimate of drug-likeness (QED) is 0.847. The first-order valence-electron chi connectivity index (χ1n) is 5.38. The first kappa shape index (κ1) is 14.6. The van der Waals surface area contributed by atoms with Crippen molar-refractivity contribution in [3.05, 3.63) is 27.7 Å². The molecule has 98 valence electrons. The molecule has 0 aliphatic heterocycles. The number of carboxylic acids is 1. The molecule has 0 atom stereocenters. The number of rotatable bonds is 5. The second kappa shape index (κ2) is 6.44. The van der Waals surface area contributed by atoms with Crippen LogP contribution in [-0.2, 0) is 4.79 Å².